The van der Waals surface area contributed by atoms with E-state index in [1.54, 1.807) is 0 Å². The molecule has 3 heterocycles. The lowest BCUT2D eigenvalue weighted by molar-refractivity contribution is 0.0288. The Morgan fingerprint density at radius 1 is 0.767 bits per heavy atom. The Bertz CT molecular complexity index is 893. The molecule has 30 heavy (non-hydrogen) atoms. The molecule has 0 atom stereocenters. The zero-order valence-electron chi connectivity index (χ0n) is 16.2. The van der Waals surface area contributed by atoms with Gasteiger partial charge in [-0.3, -0.25) is 14.2 Å². The van der Waals surface area contributed by atoms with E-state index in [2.05, 4.69) is 0 Å². The van der Waals surface area contributed by atoms with E-state index in [0.717, 1.165) is 0 Å². The highest BCUT2D eigenvalue weighted by Crippen LogP contribution is 2.39. The van der Waals surface area contributed by atoms with Gasteiger partial charge in [0, 0.05) is 31.9 Å². The summed E-state index contributed by atoms with van der Waals surface area (Å²) in [5.41, 5.74) is -0.240. The highest BCUT2D eigenvalue weighted by molar-refractivity contribution is 6.04. The number of hydrogen-bond donors (Lipinski definition) is 2. The first-order valence-electron chi connectivity index (χ1n) is 9.65. The number of halogens is 1. The van der Waals surface area contributed by atoms with Crippen molar-refractivity contribution in [1.82, 2.24) is 14.4 Å². The molecule has 10 heteroatoms. The molecule has 0 saturated carbocycles. The summed E-state index contributed by atoms with van der Waals surface area (Å²) in [6.07, 6.45) is 0. The highest BCUT2D eigenvalue weighted by atomic mass is 19.1. The fraction of sp³-hybridized carbons (Fsp3) is 0.400. The summed E-state index contributed by atoms with van der Waals surface area (Å²) in [5, 5.41) is 21.3. The number of carbonyl (C=O) groups excluding carboxylic acids is 2. The average molecular weight is 419 g/mol. The molecular formula is C20H22FN3O6. The molecular weight excluding hydrogens is 397 g/mol. The van der Waals surface area contributed by atoms with Crippen molar-refractivity contribution in [2.24, 2.45) is 0 Å². The van der Waals surface area contributed by atoms with E-state index in [-0.39, 0.29) is 17.1 Å². The summed E-state index contributed by atoms with van der Waals surface area (Å²) in [6.45, 7) is 2.59. The molecule has 0 unspecified atom stereocenters. The largest absolute Gasteiger partial charge is 0.503 e. The van der Waals surface area contributed by atoms with Crippen molar-refractivity contribution >= 4 is 11.8 Å². The van der Waals surface area contributed by atoms with Gasteiger partial charge in [-0.2, -0.15) is 0 Å². The van der Waals surface area contributed by atoms with E-state index in [9.17, 15) is 24.2 Å². The zero-order valence-corrected chi connectivity index (χ0v) is 16.2. The Kier molecular flexibility index (Phi) is 5.60. The Hall–Kier alpha value is -3.11. The van der Waals surface area contributed by atoms with Crippen LogP contribution < -0.4 is 0 Å². The third kappa shape index (κ3) is 3.59. The minimum Gasteiger partial charge on any atom is -0.503 e. The van der Waals surface area contributed by atoms with Crippen LogP contribution in [0.3, 0.4) is 0 Å². The first-order chi connectivity index (χ1) is 14.5. The summed E-state index contributed by atoms with van der Waals surface area (Å²) >= 11 is 0. The average Bonchev–Trinajstić information content (AvgIpc) is 3.05. The van der Waals surface area contributed by atoms with Crippen molar-refractivity contribution in [2.75, 3.05) is 52.6 Å². The SMILES string of the molecule is O=C(c1c(O)c(O)c(C(=O)N2CCOCC2)n1-c1ccc(F)cc1)N1CCOCC1. The third-order valence-electron chi connectivity index (χ3n) is 5.21. The first-order valence-corrected chi connectivity index (χ1v) is 9.65. The van der Waals surface area contributed by atoms with Crippen LogP contribution in [0.5, 0.6) is 11.5 Å². The summed E-state index contributed by atoms with van der Waals surface area (Å²) in [6, 6.07) is 5.10. The van der Waals surface area contributed by atoms with Crippen LogP contribution in [0, 0.1) is 5.82 Å². The predicted octanol–water partition coefficient (Wildman–Crippen LogP) is 0.972. The molecule has 0 aliphatic carbocycles. The molecule has 2 aromatic rings. The van der Waals surface area contributed by atoms with Gasteiger partial charge in [-0.15, -0.1) is 0 Å². The van der Waals surface area contributed by atoms with Crippen LogP contribution in [0.2, 0.25) is 0 Å². The smallest absolute Gasteiger partial charge is 0.275 e. The molecule has 160 valence electrons. The van der Waals surface area contributed by atoms with Crippen LogP contribution in [0.1, 0.15) is 21.0 Å². The number of rotatable bonds is 3. The third-order valence-corrected chi connectivity index (χ3v) is 5.21. The van der Waals surface area contributed by atoms with Gasteiger partial charge in [-0.1, -0.05) is 0 Å². The molecule has 0 spiro atoms. The van der Waals surface area contributed by atoms with Crippen LogP contribution in [-0.4, -0.2) is 89.0 Å². The number of hydrogen-bond acceptors (Lipinski definition) is 6. The molecule has 2 aliphatic rings. The minimum absolute atomic E-state index is 0.252. The van der Waals surface area contributed by atoms with Crippen LogP contribution in [0.15, 0.2) is 24.3 Å². The summed E-state index contributed by atoms with van der Waals surface area (Å²) in [4.78, 5) is 29.4. The van der Waals surface area contributed by atoms with Crippen molar-refractivity contribution in [3.63, 3.8) is 0 Å². The Balaban J connectivity index is 1.85. The normalized spacial score (nSPS) is 17.2. The van der Waals surface area contributed by atoms with Crippen molar-refractivity contribution in [1.29, 1.82) is 0 Å². The summed E-state index contributed by atoms with van der Waals surface area (Å²) < 4.78 is 25.2. The van der Waals surface area contributed by atoms with Gasteiger partial charge >= 0.3 is 0 Å². The maximum Gasteiger partial charge on any atom is 0.275 e. The number of carbonyl (C=O) groups is 2. The molecule has 2 aliphatic heterocycles. The molecule has 0 bridgehead atoms. The Morgan fingerprint density at radius 2 is 1.17 bits per heavy atom. The lowest BCUT2D eigenvalue weighted by Crippen LogP contribution is -2.42. The Morgan fingerprint density at radius 3 is 1.57 bits per heavy atom. The van der Waals surface area contributed by atoms with Crippen molar-refractivity contribution in [2.45, 2.75) is 0 Å². The van der Waals surface area contributed by atoms with E-state index in [0.29, 0.717) is 52.6 Å². The minimum atomic E-state index is -0.688. The fourth-order valence-electron chi connectivity index (χ4n) is 3.62. The topological polar surface area (TPSA) is 104 Å². The van der Waals surface area contributed by atoms with E-state index in [1.807, 2.05) is 0 Å². The molecule has 9 nitrogen and oxygen atoms in total. The van der Waals surface area contributed by atoms with Crippen molar-refractivity contribution in [3.05, 3.63) is 41.5 Å². The predicted molar refractivity (Wildman–Crippen MR) is 103 cm³/mol. The molecule has 1 aromatic heterocycles. The highest BCUT2D eigenvalue weighted by Gasteiger charge is 2.36. The first kappa shape index (κ1) is 20.2. The van der Waals surface area contributed by atoms with Gasteiger partial charge in [0.25, 0.3) is 11.8 Å². The number of aromatic nitrogens is 1. The van der Waals surface area contributed by atoms with Crippen LogP contribution in [-0.2, 0) is 9.47 Å². The van der Waals surface area contributed by atoms with Crippen LogP contribution >= 0.6 is 0 Å². The maximum absolute atomic E-state index is 13.5. The van der Waals surface area contributed by atoms with Gasteiger partial charge in [0.2, 0.25) is 0 Å². The van der Waals surface area contributed by atoms with Gasteiger partial charge in [-0.05, 0) is 24.3 Å². The number of benzene rings is 1. The summed E-state index contributed by atoms with van der Waals surface area (Å²) in [5.74, 6) is -2.99. The molecule has 2 fully saturated rings. The van der Waals surface area contributed by atoms with Crippen molar-refractivity contribution in [3.8, 4) is 17.2 Å². The number of morpholine rings is 2. The molecule has 2 saturated heterocycles. The lowest BCUT2D eigenvalue weighted by Gasteiger charge is -2.28. The van der Waals surface area contributed by atoms with E-state index >= 15 is 0 Å². The molecule has 2 N–H and O–H groups in total. The molecule has 4 rings (SSSR count). The number of ether oxygens (including phenoxy) is 2. The van der Waals surface area contributed by atoms with Gasteiger partial charge in [0.1, 0.15) is 5.82 Å². The van der Waals surface area contributed by atoms with E-state index in [4.69, 9.17) is 9.47 Å². The number of nitrogens with zero attached hydrogens (tertiary/aromatic N) is 3. The van der Waals surface area contributed by atoms with E-state index in [1.165, 1.54) is 38.6 Å². The van der Waals surface area contributed by atoms with Gasteiger partial charge in [-0.25, -0.2) is 4.39 Å². The second-order valence-corrected chi connectivity index (χ2v) is 7.02. The monoisotopic (exact) mass is 419 g/mol. The van der Waals surface area contributed by atoms with Gasteiger partial charge in [0.05, 0.1) is 26.4 Å². The Labute approximate surface area is 171 Å². The fourth-order valence-corrected chi connectivity index (χ4v) is 3.62. The zero-order chi connectivity index (χ0) is 21.3. The number of aromatic hydroxyl groups is 2. The van der Waals surface area contributed by atoms with Crippen LogP contribution in [0.25, 0.3) is 5.69 Å². The van der Waals surface area contributed by atoms with Gasteiger partial charge < -0.3 is 29.5 Å². The standard InChI is InChI=1S/C20H22FN3O6/c21-13-1-3-14(4-2-13)24-15(19(27)22-5-9-29-10-6-22)17(25)18(26)16(24)20(28)23-7-11-30-12-8-23/h1-4,25-26H,5-12H2. The maximum atomic E-state index is 13.5. The second-order valence-electron chi connectivity index (χ2n) is 7.02. The number of amides is 2. The quantitative estimate of drug-likeness (QED) is 0.769. The molecule has 2 amide bonds. The van der Waals surface area contributed by atoms with Crippen molar-refractivity contribution < 1.29 is 33.7 Å². The molecule has 0 radical (unpaired) electrons. The van der Waals surface area contributed by atoms with Gasteiger partial charge in [0.15, 0.2) is 22.9 Å². The van der Waals surface area contributed by atoms with Crippen LogP contribution in [0.4, 0.5) is 4.39 Å². The lowest BCUT2D eigenvalue weighted by atomic mass is 10.2. The summed E-state index contributed by atoms with van der Waals surface area (Å²) in [7, 11) is 0. The van der Waals surface area contributed by atoms with E-state index < -0.39 is 29.1 Å². The second kappa shape index (κ2) is 8.33. The molecule has 1 aromatic carbocycles.